The van der Waals surface area contributed by atoms with Crippen LogP contribution in [0.1, 0.15) is 290 Å². The van der Waals surface area contributed by atoms with Gasteiger partial charge in [-0.3, -0.25) is 32.5 Å². The van der Waals surface area contributed by atoms with E-state index in [1.807, 2.05) is 12.2 Å². The number of aliphatic hydroxyl groups is 2. The zero-order chi connectivity index (χ0) is 75.2. The Morgan fingerprint density at radius 1 is 0.272 bits per heavy atom. The quantitative estimate of drug-likeness (QED) is 0.0146. The number of aliphatic hydroxyl groups excluding tert-OH is 2. The van der Waals surface area contributed by atoms with Crippen molar-refractivity contribution in [2.24, 2.45) is 0 Å². The van der Waals surface area contributed by atoms with Crippen LogP contribution in [-0.2, 0) is 55.8 Å². The first-order valence-corrected chi connectivity index (χ1v) is 42.4. The molecule has 0 aromatic carbocycles. The minimum Gasteiger partial charge on any atom is -0.463 e. The Hall–Kier alpha value is -5.09. The average molecular weight is 1480 g/mol. The Kier molecular flexibility index (Phi) is 72.8. The van der Waals surface area contributed by atoms with Gasteiger partial charge >= 0.3 is 33.6 Å². The van der Waals surface area contributed by atoms with E-state index in [4.69, 9.17) is 32.3 Å². The van der Waals surface area contributed by atoms with Gasteiger partial charge in [-0.1, -0.05) is 300 Å². The average Bonchev–Trinajstić information content (AvgIpc) is 0.915. The lowest BCUT2D eigenvalue weighted by Gasteiger charge is -2.21. The number of phosphoric ester groups is 2. The van der Waals surface area contributed by atoms with Crippen molar-refractivity contribution in [1.29, 1.82) is 0 Å². The van der Waals surface area contributed by atoms with E-state index >= 15 is 0 Å². The first-order valence-electron chi connectivity index (χ1n) is 39.4. The normalized spacial score (nSPS) is 14.9. The number of phosphoric acid groups is 2. The van der Waals surface area contributed by atoms with Gasteiger partial charge in [0, 0.05) is 19.3 Å². The summed E-state index contributed by atoms with van der Waals surface area (Å²) in [6.07, 6.45) is 97.0. The Bertz CT molecular complexity index is 2550. The molecule has 0 bridgehead atoms. The molecule has 586 valence electrons. The van der Waals surface area contributed by atoms with E-state index in [1.165, 1.54) is 77.0 Å². The summed E-state index contributed by atoms with van der Waals surface area (Å²) in [7, 11) is -9.82. The van der Waals surface area contributed by atoms with Gasteiger partial charge in [0.1, 0.15) is 25.4 Å². The topological polar surface area (TPSA) is 231 Å². The van der Waals surface area contributed by atoms with Crippen LogP contribution in [0.25, 0.3) is 0 Å². The molecule has 0 aromatic rings. The molecule has 103 heavy (non-hydrogen) atoms. The molecule has 0 amide bonds. The predicted octanol–water partition coefficient (Wildman–Crippen LogP) is 23.2. The summed E-state index contributed by atoms with van der Waals surface area (Å²) in [6.45, 7) is 2.25. The van der Waals surface area contributed by atoms with Crippen molar-refractivity contribution >= 4 is 33.6 Å². The summed E-state index contributed by atoms with van der Waals surface area (Å²) >= 11 is 0. The van der Waals surface area contributed by atoms with E-state index in [-0.39, 0.29) is 19.3 Å². The molecule has 0 saturated carbocycles. The number of esters is 3. The highest BCUT2D eigenvalue weighted by molar-refractivity contribution is 7.47. The molecule has 0 aromatic heterocycles. The number of allylic oxidation sites excluding steroid dienone is 28. The number of rotatable bonds is 73. The van der Waals surface area contributed by atoms with E-state index in [2.05, 4.69) is 179 Å². The molecule has 16 nitrogen and oxygen atoms in total. The fraction of sp³-hybridized carbons (Fsp3) is 0.635. The zero-order valence-corrected chi connectivity index (χ0v) is 65.7. The molecule has 5 unspecified atom stereocenters. The standard InChI is InChI=1S/C85H140O16P2/c1-4-7-10-13-16-19-22-25-28-31-33-34-35-36-37-38-39-40-41-42-43-44-46-49-50-53-56-59-62-65-68-71-83(88)95-74-80(86)75-97-102(91,92)98-76-81(87)77-99-103(93,94)100-79-82(101-85(90)73-70-67-64-61-58-55-52-47-30-27-24-21-18-15-12-9-6-3)78-96-84(89)72-69-66-63-60-57-54-51-48-45-32-29-26-23-20-17-14-11-8-5-2/h7-12,16-21,25-30,33-34,36-37,45,48,52,55,61,64,80-82,86-87H,4-6,13-15,22-24,31-32,35,38-44,46-47,49-51,53-54,56-60,62-63,65-79H2,1-3H3,(H,91,92)(H,93,94)/b10-7-,11-8-,12-9-,19-16-,20-17-,21-18-,28-25-,29-26-,30-27-,34-33-,37-36-,48-45-,55-52-,64-61-. The van der Waals surface area contributed by atoms with Gasteiger partial charge in [0.15, 0.2) is 6.10 Å². The van der Waals surface area contributed by atoms with Gasteiger partial charge in [-0.2, -0.15) is 0 Å². The van der Waals surface area contributed by atoms with Crippen LogP contribution in [0.15, 0.2) is 170 Å². The molecule has 0 aliphatic rings. The van der Waals surface area contributed by atoms with Gasteiger partial charge in [-0.05, 0) is 141 Å². The molecule has 0 aliphatic heterocycles. The molecule has 18 heteroatoms. The lowest BCUT2D eigenvalue weighted by atomic mass is 10.0. The molecular formula is C85H140O16P2. The van der Waals surface area contributed by atoms with Gasteiger partial charge < -0.3 is 34.2 Å². The number of carbonyl (C=O) groups excluding carboxylic acids is 3. The smallest absolute Gasteiger partial charge is 0.463 e. The van der Waals surface area contributed by atoms with Crippen molar-refractivity contribution < 1.29 is 75.8 Å². The summed E-state index contributed by atoms with van der Waals surface area (Å²) in [5.41, 5.74) is 0. The molecule has 0 saturated heterocycles. The van der Waals surface area contributed by atoms with Crippen LogP contribution < -0.4 is 0 Å². The highest BCUT2D eigenvalue weighted by atomic mass is 31.2. The number of unbranched alkanes of at least 4 members (excludes halogenated alkanes) is 22. The van der Waals surface area contributed by atoms with E-state index in [0.717, 1.165) is 148 Å². The Morgan fingerprint density at radius 2 is 0.495 bits per heavy atom. The minimum atomic E-state index is -4.95. The van der Waals surface area contributed by atoms with Crippen molar-refractivity contribution in [3.63, 3.8) is 0 Å². The van der Waals surface area contributed by atoms with Gasteiger partial charge in [-0.25, -0.2) is 9.13 Å². The molecule has 5 atom stereocenters. The fourth-order valence-electron chi connectivity index (χ4n) is 10.0. The first-order chi connectivity index (χ1) is 50.2. The first kappa shape index (κ1) is 97.9. The van der Waals surface area contributed by atoms with Crippen molar-refractivity contribution in [2.75, 3.05) is 39.6 Å². The lowest BCUT2D eigenvalue weighted by molar-refractivity contribution is -0.161. The second-order valence-electron chi connectivity index (χ2n) is 25.7. The highest BCUT2D eigenvalue weighted by Crippen LogP contribution is 2.45. The van der Waals surface area contributed by atoms with E-state index < -0.39 is 91.5 Å². The maximum absolute atomic E-state index is 12.9. The maximum atomic E-state index is 12.9. The zero-order valence-electron chi connectivity index (χ0n) is 63.9. The fourth-order valence-corrected chi connectivity index (χ4v) is 11.6. The summed E-state index contributed by atoms with van der Waals surface area (Å²) in [4.78, 5) is 58.6. The van der Waals surface area contributed by atoms with Crippen LogP contribution in [0.3, 0.4) is 0 Å². The third-order valence-corrected chi connectivity index (χ3v) is 17.8. The molecule has 0 fully saturated rings. The molecule has 4 N–H and O–H groups in total. The van der Waals surface area contributed by atoms with Gasteiger partial charge in [0.2, 0.25) is 0 Å². The number of carbonyl (C=O) groups is 3. The number of hydrogen-bond donors (Lipinski definition) is 4. The summed E-state index contributed by atoms with van der Waals surface area (Å²) in [5.74, 6) is -1.67. The SMILES string of the molecule is CC/C=C\C/C=C\C/C=C\C/C=C\C/C=C\CCCCCCCCCCCCCCCCCC(=O)OCC(O)COP(=O)(O)OCC(O)COP(=O)(O)OCC(COC(=O)CCCCCCCC/C=C\C/C=C\C/C=C\C/C=C\CC)OC(=O)CCC/C=C\C/C=C\C/C=C\C/C=C\C/C=C\CC. The van der Waals surface area contributed by atoms with Crippen LogP contribution in [0, 0.1) is 0 Å². The van der Waals surface area contributed by atoms with Crippen molar-refractivity contribution in [1.82, 2.24) is 0 Å². The Labute approximate surface area is 624 Å². The second-order valence-corrected chi connectivity index (χ2v) is 28.6. The Balaban J connectivity index is 4.56. The third kappa shape index (κ3) is 77.8. The van der Waals surface area contributed by atoms with E-state index in [9.17, 15) is 43.5 Å². The number of hydrogen-bond acceptors (Lipinski definition) is 14. The molecule has 0 spiro atoms. The van der Waals surface area contributed by atoms with Gasteiger partial charge in [0.25, 0.3) is 0 Å². The summed E-state index contributed by atoms with van der Waals surface area (Å²) in [5, 5.41) is 20.6. The molecular weight excluding hydrogens is 1340 g/mol. The van der Waals surface area contributed by atoms with Crippen LogP contribution in [0.2, 0.25) is 0 Å². The number of ether oxygens (including phenoxy) is 3. The van der Waals surface area contributed by atoms with Crippen molar-refractivity contribution in [3.05, 3.63) is 170 Å². The van der Waals surface area contributed by atoms with E-state index in [1.54, 1.807) is 0 Å². The monoisotopic (exact) mass is 1480 g/mol. The largest absolute Gasteiger partial charge is 0.472 e. The highest BCUT2D eigenvalue weighted by Gasteiger charge is 2.29. The second kappa shape index (κ2) is 76.6. The van der Waals surface area contributed by atoms with Crippen LogP contribution in [0.4, 0.5) is 0 Å². The summed E-state index contributed by atoms with van der Waals surface area (Å²) < 4.78 is 61.1. The molecule has 0 radical (unpaired) electrons. The van der Waals surface area contributed by atoms with Crippen LogP contribution in [-0.4, -0.2) is 95.9 Å². The van der Waals surface area contributed by atoms with Crippen molar-refractivity contribution in [2.45, 2.75) is 309 Å². The maximum Gasteiger partial charge on any atom is 0.472 e. The van der Waals surface area contributed by atoms with E-state index in [0.29, 0.717) is 25.7 Å². The molecule has 0 rings (SSSR count). The van der Waals surface area contributed by atoms with Crippen LogP contribution >= 0.6 is 15.6 Å². The minimum absolute atomic E-state index is 0.0175. The van der Waals surface area contributed by atoms with Gasteiger partial charge in [-0.15, -0.1) is 0 Å². The molecule has 0 heterocycles. The van der Waals surface area contributed by atoms with Crippen LogP contribution in [0.5, 0.6) is 0 Å². The molecule has 0 aliphatic carbocycles. The predicted molar refractivity (Wildman–Crippen MR) is 426 cm³/mol. The van der Waals surface area contributed by atoms with Gasteiger partial charge in [0.05, 0.1) is 26.4 Å². The Morgan fingerprint density at radius 3 is 0.796 bits per heavy atom. The third-order valence-electron chi connectivity index (χ3n) is 15.9. The lowest BCUT2D eigenvalue weighted by Crippen LogP contribution is -2.30. The van der Waals surface area contributed by atoms with Crippen molar-refractivity contribution in [3.8, 4) is 0 Å². The summed E-state index contributed by atoms with van der Waals surface area (Å²) in [6, 6.07) is 0.